The molecule has 6 heteroatoms. The minimum Gasteiger partial charge on any atom is -0.460 e. The number of hydrogen-bond acceptors (Lipinski definition) is 5. The summed E-state index contributed by atoms with van der Waals surface area (Å²) in [6, 6.07) is 4.68. The predicted molar refractivity (Wildman–Crippen MR) is 94.5 cm³/mol. The van der Waals surface area contributed by atoms with E-state index in [2.05, 4.69) is 9.97 Å². The molecule has 0 spiro atoms. The Morgan fingerprint density at radius 3 is 2.46 bits per heavy atom. The Kier molecular flexibility index (Phi) is 5.71. The van der Waals surface area contributed by atoms with Crippen LogP contribution >= 0.6 is 0 Å². The lowest BCUT2D eigenvalue weighted by molar-refractivity contribution is -0.118. The molecule has 26 heavy (non-hydrogen) atoms. The Balaban J connectivity index is 1.59. The number of carbonyl (C=O) groups is 2. The quantitative estimate of drug-likeness (QED) is 0.732. The van der Waals surface area contributed by atoms with Crippen LogP contribution in [-0.4, -0.2) is 28.1 Å². The lowest BCUT2D eigenvalue weighted by atomic mass is 9.84. The third-order valence-corrected chi connectivity index (χ3v) is 4.73. The lowest BCUT2D eigenvalue weighted by Gasteiger charge is -2.27. The first-order chi connectivity index (χ1) is 12.5. The minimum atomic E-state index is -0.569. The number of benzene rings is 1. The summed E-state index contributed by atoms with van der Waals surface area (Å²) in [4.78, 5) is 30.3. The van der Waals surface area contributed by atoms with E-state index in [0.29, 0.717) is 35.8 Å². The first-order valence-electron chi connectivity index (χ1n) is 8.78. The summed E-state index contributed by atoms with van der Waals surface area (Å²) in [6.07, 6.45) is 8.10. The second-order valence-corrected chi connectivity index (χ2v) is 6.78. The molecule has 1 saturated carbocycles. The van der Waals surface area contributed by atoms with E-state index in [-0.39, 0.29) is 17.5 Å². The molecular formula is C20H21FN2O3. The molecule has 1 aromatic carbocycles. The number of aromatic nitrogens is 2. The molecule has 0 atom stereocenters. The lowest BCUT2D eigenvalue weighted by Crippen LogP contribution is -2.25. The summed E-state index contributed by atoms with van der Waals surface area (Å²) < 4.78 is 19.5. The molecule has 1 aliphatic rings. The molecule has 1 heterocycles. The largest absolute Gasteiger partial charge is 0.460 e. The second-order valence-electron chi connectivity index (χ2n) is 6.78. The number of aldehydes is 1. The van der Waals surface area contributed by atoms with Gasteiger partial charge < -0.3 is 9.53 Å². The summed E-state index contributed by atoms with van der Waals surface area (Å²) in [5.74, 6) is 0.130. The Hall–Kier alpha value is -2.63. The molecule has 0 amide bonds. The molecule has 136 valence electrons. The number of Topliss-reactive ketones (excluding diaryl/α,β-unsaturated/α-hetero) is 1. The van der Waals surface area contributed by atoms with E-state index in [9.17, 15) is 14.0 Å². The van der Waals surface area contributed by atoms with Crippen LogP contribution < -0.4 is 4.74 Å². The van der Waals surface area contributed by atoms with E-state index in [4.69, 9.17) is 4.74 Å². The van der Waals surface area contributed by atoms with Gasteiger partial charge in [0.05, 0.1) is 5.56 Å². The highest BCUT2D eigenvalue weighted by Crippen LogP contribution is 2.29. The van der Waals surface area contributed by atoms with Gasteiger partial charge in [0.25, 0.3) is 0 Å². The minimum absolute atomic E-state index is 0.0231. The van der Waals surface area contributed by atoms with Crippen molar-refractivity contribution in [1.29, 1.82) is 0 Å². The van der Waals surface area contributed by atoms with Crippen molar-refractivity contribution < 1.29 is 18.7 Å². The van der Waals surface area contributed by atoms with Crippen molar-refractivity contribution in [1.82, 2.24) is 9.97 Å². The van der Waals surface area contributed by atoms with Gasteiger partial charge in [-0.05, 0) is 56.2 Å². The zero-order chi connectivity index (χ0) is 18.5. The molecule has 0 bridgehead atoms. The zero-order valence-electron chi connectivity index (χ0n) is 14.7. The predicted octanol–water partition coefficient (Wildman–Crippen LogP) is 4.01. The number of ketones is 1. The topological polar surface area (TPSA) is 69.2 Å². The monoisotopic (exact) mass is 356 g/mol. The third-order valence-electron chi connectivity index (χ3n) is 4.73. The van der Waals surface area contributed by atoms with Crippen molar-refractivity contribution in [2.45, 2.75) is 45.1 Å². The van der Waals surface area contributed by atoms with Crippen LogP contribution in [0.25, 0.3) is 11.1 Å². The fourth-order valence-electron chi connectivity index (χ4n) is 3.34. The Labute approximate surface area is 151 Å². The molecule has 0 radical (unpaired) electrons. The Bertz CT molecular complexity index is 784. The smallest absolute Gasteiger partial charge is 0.316 e. The van der Waals surface area contributed by atoms with Crippen molar-refractivity contribution in [3.8, 4) is 17.1 Å². The maximum atomic E-state index is 13.7. The van der Waals surface area contributed by atoms with Gasteiger partial charge in [0.2, 0.25) is 0 Å². The third kappa shape index (κ3) is 4.50. The molecule has 1 fully saturated rings. The average Bonchev–Trinajstić information content (AvgIpc) is 2.63. The van der Waals surface area contributed by atoms with Crippen molar-refractivity contribution >= 4 is 12.1 Å². The molecule has 5 nitrogen and oxygen atoms in total. The number of carbonyl (C=O) groups excluding carboxylic acids is 2. The van der Waals surface area contributed by atoms with Crippen molar-refractivity contribution in [2.24, 2.45) is 5.92 Å². The number of ether oxygens (including phenoxy) is 1. The average molecular weight is 356 g/mol. The first-order valence-corrected chi connectivity index (χ1v) is 8.78. The summed E-state index contributed by atoms with van der Waals surface area (Å²) >= 11 is 0. The van der Waals surface area contributed by atoms with Gasteiger partial charge in [-0.25, -0.2) is 14.4 Å². The molecule has 3 rings (SSSR count). The molecule has 0 N–H and O–H groups in total. The summed E-state index contributed by atoms with van der Waals surface area (Å²) in [6.45, 7) is 1.64. The maximum absolute atomic E-state index is 13.7. The van der Waals surface area contributed by atoms with Gasteiger partial charge in [-0.1, -0.05) is 6.07 Å². The van der Waals surface area contributed by atoms with Crippen molar-refractivity contribution in [3.05, 3.63) is 42.0 Å². The Morgan fingerprint density at radius 1 is 1.19 bits per heavy atom. The standard InChI is InChI=1S/C20H21FN2O3/c1-13(25)8-14-2-6-18(7-3-14)26-20-22-10-17(11-23-20)15-4-5-16(12-24)19(21)9-15/h4-5,9-12,14,18H,2-3,6-8H2,1H3. The van der Waals surface area contributed by atoms with E-state index < -0.39 is 5.82 Å². The zero-order valence-corrected chi connectivity index (χ0v) is 14.7. The van der Waals surface area contributed by atoms with Crippen LogP contribution in [-0.2, 0) is 4.79 Å². The molecular weight excluding hydrogens is 335 g/mol. The van der Waals surface area contributed by atoms with E-state index in [1.165, 1.54) is 12.1 Å². The van der Waals surface area contributed by atoms with Crippen LogP contribution in [0, 0.1) is 11.7 Å². The van der Waals surface area contributed by atoms with Gasteiger partial charge in [0.15, 0.2) is 6.29 Å². The first kappa shape index (κ1) is 18.2. The number of halogens is 1. The van der Waals surface area contributed by atoms with E-state index in [1.807, 2.05) is 0 Å². The van der Waals surface area contributed by atoms with Crippen LogP contribution in [0.2, 0.25) is 0 Å². The normalized spacial score (nSPS) is 19.8. The molecule has 1 aromatic heterocycles. The van der Waals surface area contributed by atoms with Gasteiger partial charge in [-0.15, -0.1) is 0 Å². The highest BCUT2D eigenvalue weighted by atomic mass is 19.1. The fraction of sp³-hybridized carbons (Fsp3) is 0.400. The van der Waals surface area contributed by atoms with Crippen LogP contribution in [0.4, 0.5) is 4.39 Å². The highest BCUT2D eigenvalue weighted by Gasteiger charge is 2.23. The summed E-state index contributed by atoms with van der Waals surface area (Å²) in [5, 5.41) is 0. The van der Waals surface area contributed by atoms with Crippen molar-refractivity contribution in [2.75, 3.05) is 0 Å². The number of hydrogen-bond donors (Lipinski definition) is 0. The van der Waals surface area contributed by atoms with E-state index >= 15 is 0 Å². The number of nitrogens with zero attached hydrogens (tertiary/aromatic N) is 2. The highest BCUT2D eigenvalue weighted by molar-refractivity contribution is 5.77. The SMILES string of the molecule is CC(=O)CC1CCC(Oc2ncc(-c3ccc(C=O)c(F)c3)cn2)CC1. The van der Waals surface area contributed by atoms with Gasteiger partial charge in [0.1, 0.15) is 17.7 Å². The van der Waals surface area contributed by atoms with Crippen LogP contribution in [0.1, 0.15) is 49.4 Å². The molecule has 0 aliphatic heterocycles. The number of rotatable bonds is 6. The van der Waals surface area contributed by atoms with Crippen LogP contribution in [0.15, 0.2) is 30.6 Å². The van der Waals surface area contributed by atoms with Crippen LogP contribution in [0.5, 0.6) is 6.01 Å². The fourth-order valence-corrected chi connectivity index (χ4v) is 3.34. The second kappa shape index (κ2) is 8.17. The van der Waals surface area contributed by atoms with Gasteiger partial charge >= 0.3 is 6.01 Å². The molecule has 2 aromatic rings. The Morgan fingerprint density at radius 2 is 1.88 bits per heavy atom. The van der Waals surface area contributed by atoms with Crippen LogP contribution in [0.3, 0.4) is 0 Å². The van der Waals surface area contributed by atoms with E-state index in [0.717, 1.165) is 25.7 Å². The van der Waals surface area contributed by atoms with Gasteiger partial charge in [0, 0.05) is 24.4 Å². The molecule has 1 aliphatic carbocycles. The van der Waals surface area contributed by atoms with Gasteiger partial charge in [-0.3, -0.25) is 4.79 Å². The summed E-state index contributed by atoms with van der Waals surface area (Å²) in [5.41, 5.74) is 1.28. The van der Waals surface area contributed by atoms with E-state index in [1.54, 1.807) is 25.4 Å². The molecule has 0 saturated heterocycles. The molecule has 0 unspecified atom stereocenters. The van der Waals surface area contributed by atoms with Gasteiger partial charge in [-0.2, -0.15) is 0 Å². The summed E-state index contributed by atoms with van der Waals surface area (Å²) in [7, 11) is 0. The van der Waals surface area contributed by atoms with Crippen molar-refractivity contribution in [3.63, 3.8) is 0 Å². The maximum Gasteiger partial charge on any atom is 0.316 e.